The molecular weight excluding hydrogens is 436 g/mol. The first-order valence-corrected chi connectivity index (χ1v) is 11.9. The van der Waals surface area contributed by atoms with Gasteiger partial charge in [-0.25, -0.2) is 0 Å². The number of pyridine rings is 2. The Morgan fingerprint density at radius 2 is 1.54 bits per heavy atom. The molecular formula is C28H32N6O. The number of carbonyl (C=O) groups is 1. The normalized spacial score (nSPS) is 13.7. The number of nitrogens with two attached hydrogens (primary N) is 1. The van der Waals surface area contributed by atoms with Gasteiger partial charge < -0.3 is 20.9 Å². The van der Waals surface area contributed by atoms with E-state index in [0.717, 1.165) is 48.1 Å². The molecule has 0 unspecified atom stereocenters. The van der Waals surface area contributed by atoms with E-state index < -0.39 is 0 Å². The number of nitrogens with zero attached hydrogens (tertiary/aromatic N) is 4. The summed E-state index contributed by atoms with van der Waals surface area (Å²) in [7, 11) is 2.16. The topological polar surface area (TPSA) is 87.4 Å². The van der Waals surface area contributed by atoms with Crippen LogP contribution in [0.5, 0.6) is 0 Å². The number of rotatable bonds is 5. The fourth-order valence-electron chi connectivity index (χ4n) is 4.02. The van der Waals surface area contributed by atoms with E-state index >= 15 is 0 Å². The number of hydrogen-bond acceptors (Lipinski definition) is 6. The third-order valence-corrected chi connectivity index (χ3v) is 6.15. The molecule has 0 atom stereocenters. The summed E-state index contributed by atoms with van der Waals surface area (Å²) in [6.07, 6.45) is 6.95. The van der Waals surface area contributed by atoms with E-state index in [-0.39, 0.29) is 5.91 Å². The van der Waals surface area contributed by atoms with Crippen molar-refractivity contribution in [2.24, 2.45) is 5.73 Å². The smallest absolute Gasteiger partial charge is 0.251 e. The number of fused-ring (bicyclic) bond motifs is 1. The Morgan fingerprint density at radius 1 is 0.886 bits per heavy atom. The van der Waals surface area contributed by atoms with E-state index in [1.54, 1.807) is 24.8 Å². The molecule has 180 valence electrons. The minimum atomic E-state index is -0.0538. The van der Waals surface area contributed by atoms with E-state index in [4.69, 9.17) is 5.73 Å². The van der Waals surface area contributed by atoms with Crippen LogP contribution >= 0.6 is 0 Å². The SMILES string of the molecule is CN1CCN(c2cccc3ccc(C(=O)NCc4ccncc4)cc23)CC1.NCc1ccncc1. The molecule has 1 saturated heterocycles. The number of benzene rings is 2. The highest BCUT2D eigenvalue weighted by Gasteiger charge is 2.17. The van der Waals surface area contributed by atoms with E-state index in [0.29, 0.717) is 18.7 Å². The summed E-state index contributed by atoms with van der Waals surface area (Å²) < 4.78 is 0. The second-order valence-electron chi connectivity index (χ2n) is 8.60. The Labute approximate surface area is 206 Å². The number of amides is 1. The highest BCUT2D eigenvalue weighted by molar-refractivity contribution is 6.02. The van der Waals surface area contributed by atoms with Crippen LogP contribution in [-0.4, -0.2) is 54.0 Å². The third kappa shape index (κ3) is 6.62. The van der Waals surface area contributed by atoms with E-state index in [1.165, 1.54) is 5.69 Å². The maximum Gasteiger partial charge on any atom is 0.251 e. The van der Waals surface area contributed by atoms with Crippen LogP contribution in [0.4, 0.5) is 5.69 Å². The van der Waals surface area contributed by atoms with Crippen molar-refractivity contribution < 1.29 is 4.79 Å². The molecule has 0 bridgehead atoms. The monoisotopic (exact) mass is 468 g/mol. The number of hydrogen-bond donors (Lipinski definition) is 2. The minimum Gasteiger partial charge on any atom is -0.368 e. The Bertz CT molecular complexity index is 1220. The first-order valence-electron chi connectivity index (χ1n) is 11.9. The molecule has 0 radical (unpaired) electrons. The molecule has 2 aromatic heterocycles. The predicted molar refractivity (Wildman–Crippen MR) is 141 cm³/mol. The van der Waals surface area contributed by atoms with Gasteiger partial charge in [-0.05, 0) is 66.0 Å². The molecule has 2 aromatic carbocycles. The number of anilines is 1. The number of nitrogens with one attached hydrogen (secondary N) is 1. The van der Waals surface area contributed by atoms with Crippen LogP contribution < -0.4 is 16.0 Å². The number of carbonyl (C=O) groups excluding carboxylic acids is 1. The maximum atomic E-state index is 12.6. The molecule has 1 aliphatic rings. The zero-order chi connectivity index (χ0) is 24.5. The Kier molecular flexibility index (Phi) is 8.38. The second-order valence-corrected chi connectivity index (χ2v) is 8.60. The molecule has 3 heterocycles. The molecule has 3 N–H and O–H groups in total. The van der Waals surface area contributed by atoms with Gasteiger partial charge >= 0.3 is 0 Å². The van der Waals surface area contributed by atoms with Crippen molar-refractivity contribution in [2.75, 3.05) is 38.1 Å². The number of piperazine rings is 1. The second kappa shape index (κ2) is 12.1. The van der Waals surface area contributed by atoms with Gasteiger partial charge in [-0.1, -0.05) is 18.2 Å². The van der Waals surface area contributed by atoms with Gasteiger partial charge in [-0.2, -0.15) is 0 Å². The van der Waals surface area contributed by atoms with Gasteiger partial charge in [0.1, 0.15) is 0 Å². The minimum absolute atomic E-state index is 0.0538. The largest absolute Gasteiger partial charge is 0.368 e. The standard InChI is InChI=1S/C22H24N4O.C6H8N2/c1-25-11-13-26(14-12-25)21-4-2-3-18-5-6-19(15-20(18)21)22(27)24-16-17-7-9-23-10-8-17;7-5-6-1-3-8-4-2-6/h2-10,15H,11-14,16H2,1H3,(H,24,27);1-4H,5,7H2. The first-order chi connectivity index (χ1) is 17.1. The molecule has 5 rings (SSSR count). The van der Waals surface area contributed by atoms with Crippen molar-refractivity contribution in [3.8, 4) is 0 Å². The van der Waals surface area contributed by atoms with Crippen LogP contribution in [0.15, 0.2) is 85.5 Å². The molecule has 1 fully saturated rings. The van der Waals surface area contributed by atoms with Gasteiger partial charge in [0.15, 0.2) is 0 Å². The molecule has 1 amide bonds. The van der Waals surface area contributed by atoms with Gasteiger partial charge in [-0.3, -0.25) is 14.8 Å². The fourth-order valence-corrected chi connectivity index (χ4v) is 4.02. The summed E-state index contributed by atoms with van der Waals surface area (Å²) in [6.45, 7) is 5.23. The fraction of sp³-hybridized carbons (Fsp3) is 0.250. The third-order valence-electron chi connectivity index (χ3n) is 6.15. The summed E-state index contributed by atoms with van der Waals surface area (Å²) in [5.41, 5.74) is 9.39. The average Bonchev–Trinajstić information content (AvgIpc) is 2.93. The van der Waals surface area contributed by atoms with Gasteiger partial charge in [0.25, 0.3) is 5.91 Å². The average molecular weight is 469 g/mol. The van der Waals surface area contributed by atoms with E-state index in [9.17, 15) is 4.79 Å². The molecule has 0 aliphatic carbocycles. The first kappa shape index (κ1) is 24.3. The van der Waals surface area contributed by atoms with Gasteiger partial charge in [0.2, 0.25) is 0 Å². The van der Waals surface area contributed by atoms with Crippen molar-refractivity contribution in [1.29, 1.82) is 0 Å². The lowest BCUT2D eigenvalue weighted by molar-refractivity contribution is 0.0951. The highest BCUT2D eigenvalue weighted by atomic mass is 16.1. The van der Waals surface area contributed by atoms with Crippen LogP contribution in [0.25, 0.3) is 10.8 Å². The lowest BCUT2D eigenvalue weighted by atomic mass is 10.0. The summed E-state index contributed by atoms with van der Waals surface area (Å²) in [4.78, 5) is 25.3. The number of likely N-dealkylation sites (N-methyl/N-ethyl adjacent to an activating group) is 1. The molecule has 35 heavy (non-hydrogen) atoms. The van der Waals surface area contributed by atoms with Gasteiger partial charge in [-0.15, -0.1) is 0 Å². The maximum absolute atomic E-state index is 12.6. The molecule has 7 nitrogen and oxygen atoms in total. The molecule has 4 aromatic rings. The van der Waals surface area contributed by atoms with Crippen molar-refractivity contribution >= 4 is 22.4 Å². The summed E-state index contributed by atoms with van der Waals surface area (Å²) >= 11 is 0. The Balaban J connectivity index is 0.000000308. The zero-order valence-corrected chi connectivity index (χ0v) is 20.1. The van der Waals surface area contributed by atoms with Crippen molar-refractivity contribution in [1.82, 2.24) is 20.2 Å². The number of aromatic nitrogens is 2. The summed E-state index contributed by atoms with van der Waals surface area (Å²) in [5.74, 6) is -0.0538. The lowest BCUT2D eigenvalue weighted by Gasteiger charge is -2.34. The quantitative estimate of drug-likeness (QED) is 0.467. The highest BCUT2D eigenvalue weighted by Crippen LogP contribution is 2.28. The molecule has 1 aliphatic heterocycles. The van der Waals surface area contributed by atoms with E-state index in [1.807, 2.05) is 42.5 Å². The summed E-state index contributed by atoms with van der Waals surface area (Å²) in [5, 5.41) is 5.30. The molecule has 0 spiro atoms. The summed E-state index contributed by atoms with van der Waals surface area (Å²) in [6, 6.07) is 19.9. The van der Waals surface area contributed by atoms with Crippen LogP contribution in [0.1, 0.15) is 21.5 Å². The van der Waals surface area contributed by atoms with Gasteiger partial charge in [0.05, 0.1) is 0 Å². The lowest BCUT2D eigenvalue weighted by Crippen LogP contribution is -2.44. The Hall–Kier alpha value is -3.81. The predicted octanol–water partition coefficient (Wildman–Crippen LogP) is 3.46. The molecule has 7 heteroatoms. The molecule has 0 saturated carbocycles. The van der Waals surface area contributed by atoms with Crippen LogP contribution in [-0.2, 0) is 13.1 Å². The van der Waals surface area contributed by atoms with Crippen LogP contribution in [0.2, 0.25) is 0 Å². The van der Waals surface area contributed by atoms with Crippen LogP contribution in [0, 0.1) is 0 Å². The zero-order valence-electron chi connectivity index (χ0n) is 20.1. The van der Waals surface area contributed by atoms with Crippen molar-refractivity contribution in [2.45, 2.75) is 13.1 Å². The van der Waals surface area contributed by atoms with E-state index in [2.05, 4.69) is 50.3 Å². The van der Waals surface area contributed by atoms with Crippen molar-refractivity contribution in [3.63, 3.8) is 0 Å². The van der Waals surface area contributed by atoms with Crippen LogP contribution in [0.3, 0.4) is 0 Å². The van der Waals surface area contributed by atoms with Crippen molar-refractivity contribution in [3.05, 3.63) is 102 Å². The van der Waals surface area contributed by atoms with Gasteiger partial charge in [0, 0.05) is 80.7 Å². The Morgan fingerprint density at radius 3 is 2.17 bits per heavy atom.